The summed E-state index contributed by atoms with van der Waals surface area (Å²) >= 11 is 5.65. The van der Waals surface area contributed by atoms with Crippen molar-refractivity contribution < 1.29 is 9.47 Å². The summed E-state index contributed by atoms with van der Waals surface area (Å²) in [5.74, 6) is 1.60. The molecule has 0 saturated heterocycles. The Balaban J connectivity index is 1.56. The first-order valence-corrected chi connectivity index (χ1v) is 15.1. The largest absolute Gasteiger partial charge is 0.497 e. The van der Waals surface area contributed by atoms with Gasteiger partial charge in [-0.3, -0.25) is 0 Å². The average molecular weight is 523 g/mol. The van der Waals surface area contributed by atoms with Crippen molar-refractivity contribution >= 4 is 23.2 Å². The van der Waals surface area contributed by atoms with E-state index < -0.39 is 0 Å². The highest BCUT2D eigenvalue weighted by Crippen LogP contribution is 2.25. The van der Waals surface area contributed by atoms with Gasteiger partial charge in [0, 0.05) is 10.4 Å². The lowest BCUT2D eigenvalue weighted by Crippen LogP contribution is -1.94. The summed E-state index contributed by atoms with van der Waals surface area (Å²) < 4.78 is 10.8. The number of aryl methyl sites for hydroxylation is 1. The van der Waals surface area contributed by atoms with Gasteiger partial charge in [0.1, 0.15) is 11.5 Å². The molecule has 2 rings (SSSR count). The number of allylic oxidation sites excluding steroid dienone is 1. The molecule has 0 aliphatic carbocycles. The second kappa shape index (κ2) is 19.9. The summed E-state index contributed by atoms with van der Waals surface area (Å²) in [5.41, 5.74) is 3.43. The Morgan fingerprint density at radius 3 is 1.73 bits per heavy atom. The maximum atomic E-state index is 5.65. The van der Waals surface area contributed by atoms with Gasteiger partial charge in [-0.15, -0.1) is 0 Å². The van der Waals surface area contributed by atoms with Gasteiger partial charge < -0.3 is 9.47 Å². The van der Waals surface area contributed by atoms with Crippen molar-refractivity contribution in [3.8, 4) is 11.5 Å². The van der Waals surface area contributed by atoms with Gasteiger partial charge in [-0.2, -0.15) is 0 Å². The van der Waals surface area contributed by atoms with Crippen LogP contribution in [0.1, 0.15) is 120 Å². The molecular weight excluding hydrogens is 472 g/mol. The summed E-state index contributed by atoms with van der Waals surface area (Å²) in [4.78, 5) is 0.823. The number of hydrogen-bond acceptors (Lipinski definition) is 3. The summed E-state index contributed by atoms with van der Waals surface area (Å²) in [6.07, 6.45) is 26.2. The van der Waals surface area contributed by atoms with Crippen LogP contribution in [0.25, 0.3) is 6.08 Å². The Morgan fingerprint density at radius 2 is 1.22 bits per heavy atom. The van der Waals surface area contributed by atoms with E-state index >= 15 is 0 Å². The smallest absolute Gasteiger partial charge is 0.126 e. The molecule has 2 aromatic carbocycles. The van der Waals surface area contributed by atoms with E-state index in [9.17, 15) is 0 Å². The minimum Gasteiger partial charge on any atom is -0.497 e. The van der Waals surface area contributed by atoms with Crippen LogP contribution in [-0.2, 0) is 6.42 Å². The van der Waals surface area contributed by atoms with Crippen molar-refractivity contribution in [3.63, 3.8) is 0 Å². The van der Waals surface area contributed by atoms with Crippen molar-refractivity contribution in [1.82, 2.24) is 0 Å². The zero-order valence-electron chi connectivity index (χ0n) is 23.7. The van der Waals surface area contributed by atoms with Gasteiger partial charge in [0.05, 0.1) is 14.2 Å². The Labute approximate surface area is 232 Å². The molecule has 3 heteroatoms. The van der Waals surface area contributed by atoms with Gasteiger partial charge in [-0.05, 0) is 54.3 Å². The quantitative estimate of drug-likeness (QED) is 0.0703. The molecule has 0 spiro atoms. The van der Waals surface area contributed by atoms with E-state index in [1.165, 1.54) is 102 Å². The Bertz CT molecular complexity index is 901. The molecule has 0 aromatic heterocycles. The number of hydrogen-bond donors (Lipinski definition) is 0. The van der Waals surface area contributed by atoms with Crippen LogP contribution in [0.5, 0.6) is 11.5 Å². The molecule has 204 valence electrons. The monoisotopic (exact) mass is 522 g/mol. The zero-order valence-corrected chi connectivity index (χ0v) is 24.6. The molecule has 0 unspecified atom stereocenters. The van der Waals surface area contributed by atoms with Crippen molar-refractivity contribution in [2.75, 3.05) is 14.2 Å². The first-order chi connectivity index (χ1) is 18.2. The second-order valence-corrected chi connectivity index (χ2v) is 10.6. The standard InChI is InChI=1S/C34H50O2S/c1-4-5-6-7-8-9-10-11-12-13-14-15-16-17-18-19-29-20-22-30(23-21-29)34(37)27-24-31-28-32(35-2)25-26-33(31)36-3/h20-28H,4-19H2,1-3H3. The number of rotatable bonds is 21. The molecule has 0 radical (unpaired) electrons. The molecule has 0 saturated carbocycles. The molecule has 2 aromatic rings. The van der Waals surface area contributed by atoms with E-state index in [1.54, 1.807) is 14.2 Å². The van der Waals surface area contributed by atoms with E-state index in [2.05, 4.69) is 31.2 Å². The summed E-state index contributed by atoms with van der Waals surface area (Å²) in [7, 11) is 3.34. The molecule has 0 bridgehead atoms. The van der Waals surface area contributed by atoms with Gasteiger partial charge in [-0.1, -0.05) is 133 Å². The normalized spacial score (nSPS) is 11.2. The Hall–Kier alpha value is -2.13. The van der Waals surface area contributed by atoms with E-state index in [0.717, 1.165) is 33.9 Å². The number of unbranched alkanes of at least 4 members (excludes halogenated alkanes) is 14. The van der Waals surface area contributed by atoms with Crippen LogP contribution >= 0.6 is 12.2 Å². The van der Waals surface area contributed by atoms with Gasteiger partial charge in [0.15, 0.2) is 0 Å². The molecular formula is C34H50O2S. The predicted octanol–water partition coefficient (Wildman–Crippen LogP) is 10.5. The van der Waals surface area contributed by atoms with Crippen LogP contribution in [0, 0.1) is 0 Å². The molecule has 0 amide bonds. The Kier molecular flexibility index (Phi) is 16.7. The van der Waals surface area contributed by atoms with Gasteiger partial charge in [0.25, 0.3) is 0 Å². The van der Waals surface area contributed by atoms with Crippen molar-refractivity contribution in [1.29, 1.82) is 0 Å². The summed E-state index contributed by atoms with van der Waals surface area (Å²) in [6.45, 7) is 2.29. The van der Waals surface area contributed by atoms with Crippen LogP contribution in [0.15, 0.2) is 48.5 Å². The highest BCUT2D eigenvalue weighted by Gasteiger charge is 2.04. The molecule has 2 nitrogen and oxygen atoms in total. The molecule has 37 heavy (non-hydrogen) atoms. The van der Waals surface area contributed by atoms with E-state index in [-0.39, 0.29) is 0 Å². The predicted molar refractivity (Wildman–Crippen MR) is 165 cm³/mol. The summed E-state index contributed by atoms with van der Waals surface area (Å²) in [6, 6.07) is 14.5. The zero-order chi connectivity index (χ0) is 26.6. The van der Waals surface area contributed by atoms with Crippen LogP contribution in [0.3, 0.4) is 0 Å². The number of methoxy groups -OCH3 is 2. The molecule has 0 N–H and O–H groups in total. The molecule has 0 aliphatic rings. The Morgan fingerprint density at radius 1 is 0.676 bits per heavy atom. The second-order valence-electron chi connectivity index (χ2n) is 10.2. The molecule has 0 aliphatic heterocycles. The van der Waals surface area contributed by atoms with E-state index in [4.69, 9.17) is 21.7 Å². The van der Waals surface area contributed by atoms with Crippen molar-refractivity contribution in [3.05, 3.63) is 65.2 Å². The van der Waals surface area contributed by atoms with Crippen LogP contribution in [0.4, 0.5) is 0 Å². The maximum Gasteiger partial charge on any atom is 0.126 e. The van der Waals surface area contributed by atoms with Crippen LogP contribution in [-0.4, -0.2) is 19.1 Å². The van der Waals surface area contributed by atoms with Crippen molar-refractivity contribution in [2.45, 2.75) is 110 Å². The lowest BCUT2D eigenvalue weighted by Gasteiger charge is -2.07. The topological polar surface area (TPSA) is 18.5 Å². The first kappa shape index (κ1) is 31.1. The molecule has 0 atom stereocenters. The molecule has 0 fully saturated rings. The minimum absolute atomic E-state index is 0.800. The highest BCUT2D eigenvalue weighted by atomic mass is 32.1. The lowest BCUT2D eigenvalue weighted by molar-refractivity contribution is 0.402. The van der Waals surface area contributed by atoms with Gasteiger partial charge in [0.2, 0.25) is 0 Å². The average Bonchev–Trinajstić information content (AvgIpc) is 2.94. The third-order valence-electron chi connectivity index (χ3n) is 7.16. The summed E-state index contributed by atoms with van der Waals surface area (Å²) in [5, 5.41) is 0. The number of ether oxygens (including phenoxy) is 2. The fourth-order valence-electron chi connectivity index (χ4n) is 4.77. The van der Waals surface area contributed by atoms with Crippen molar-refractivity contribution in [2.24, 2.45) is 0 Å². The lowest BCUT2D eigenvalue weighted by atomic mass is 10.0. The van der Waals surface area contributed by atoms with Crippen LogP contribution < -0.4 is 9.47 Å². The molecule has 0 heterocycles. The first-order valence-electron chi connectivity index (χ1n) is 14.7. The van der Waals surface area contributed by atoms with E-state index in [1.807, 2.05) is 30.4 Å². The number of benzene rings is 2. The number of thiocarbonyl (C=S) groups is 1. The fourth-order valence-corrected chi connectivity index (χ4v) is 4.97. The third kappa shape index (κ3) is 13.3. The fraction of sp³-hybridized carbons (Fsp3) is 0.559. The minimum atomic E-state index is 0.800. The SMILES string of the molecule is CCCCCCCCCCCCCCCCCc1ccc(C(=S)C=Cc2cc(OC)ccc2OC)cc1. The van der Waals surface area contributed by atoms with Crippen LogP contribution in [0.2, 0.25) is 0 Å². The van der Waals surface area contributed by atoms with Gasteiger partial charge in [-0.25, -0.2) is 0 Å². The highest BCUT2D eigenvalue weighted by molar-refractivity contribution is 7.81. The van der Waals surface area contributed by atoms with E-state index in [0.29, 0.717) is 0 Å². The maximum absolute atomic E-state index is 5.65. The van der Waals surface area contributed by atoms with Gasteiger partial charge >= 0.3 is 0 Å². The third-order valence-corrected chi connectivity index (χ3v) is 7.53.